The molecule has 2 aromatic heterocycles. The largest absolute Gasteiger partial charge is 0.396 e. The Labute approximate surface area is 174 Å². The molecule has 9 heteroatoms. The van der Waals surface area contributed by atoms with Gasteiger partial charge in [-0.15, -0.1) is 11.6 Å². The number of hydrogen-bond acceptors (Lipinski definition) is 7. The highest BCUT2D eigenvalue weighted by Crippen LogP contribution is 2.43. The van der Waals surface area contributed by atoms with E-state index < -0.39 is 0 Å². The molecule has 1 atom stereocenters. The molecule has 4 rings (SSSR count). The first-order valence-electron chi connectivity index (χ1n) is 9.71. The van der Waals surface area contributed by atoms with Gasteiger partial charge in [-0.25, -0.2) is 0 Å². The van der Waals surface area contributed by atoms with Crippen LogP contribution in [0.1, 0.15) is 24.4 Å². The van der Waals surface area contributed by atoms with Crippen molar-refractivity contribution in [3.63, 3.8) is 0 Å². The predicted molar refractivity (Wildman–Crippen MR) is 115 cm³/mol. The molecule has 0 radical (unpaired) electrons. The molecule has 1 aromatic carbocycles. The van der Waals surface area contributed by atoms with Crippen LogP contribution in [0, 0.1) is 5.41 Å². The van der Waals surface area contributed by atoms with Crippen molar-refractivity contribution in [1.82, 2.24) is 19.7 Å². The second-order valence-corrected chi connectivity index (χ2v) is 8.11. The number of benzene rings is 1. The highest BCUT2D eigenvalue weighted by atomic mass is 35.5. The Balaban J connectivity index is 1.51. The molecule has 0 bridgehead atoms. The van der Waals surface area contributed by atoms with E-state index in [1.165, 1.54) is 0 Å². The van der Waals surface area contributed by atoms with E-state index in [0.717, 1.165) is 35.3 Å². The summed E-state index contributed by atoms with van der Waals surface area (Å²) in [5.74, 6) is 1.68. The predicted octanol–water partition coefficient (Wildman–Crippen LogP) is 2.27. The van der Waals surface area contributed by atoms with Crippen molar-refractivity contribution in [2.24, 2.45) is 18.2 Å². The van der Waals surface area contributed by atoms with Crippen LogP contribution < -0.4 is 16.4 Å². The molecule has 1 unspecified atom stereocenters. The van der Waals surface area contributed by atoms with Gasteiger partial charge in [0.05, 0.1) is 11.6 Å². The van der Waals surface area contributed by atoms with Crippen LogP contribution in [0.2, 0.25) is 0 Å². The van der Waals surface area contributed by atoms with Gasteiger partial charge in [0, 0.05) is 43.6 Å². The first kappa shape index (κ1) is 19.9. The fourth-order valence-electron chi connectivity index (χ4n) is 3.79. The van der Waals surface area contributed by atoms with Gasteiger partial charge >= 0.3 is 0 Å². The van der Waals surface area contributed by atoms with Gasteiger partial charge in [-0.2, -0.15) is 15.1 Å². The Bertz CT molecular complexity index is 966. The number of hydrogen-bond donors (Lipinski definition) is 4. The summed E-state index contributed by atoms with van der Waals surface area (Å²) in [5.41, 5.74) is 7.89. The quantitative estimate of drug-likeness (QED) is 0.417. The van der Waals surface area contributed by atoms with Gasteiger partial charge in [0.15, 0.2) is 5.65 Å². The number of halogens is 1. The maximum absolute atomic E-state index is 9.58. The molecule has 8 nitrogen and oxygen atoms in total. The Kier molecular flexibility index (Phi) is 5.58. The van der Waals surface area contributed by atoms with E-state index in [1.54, 1.807) is 10.9 Å². The van der Waals surface area contributed by atoms with Gasteiger partial charge in [0.25, 0.3) is 0 Å². The molecule has 0 spiro atoms. The molecule has 0 aliphatic heterocycles. The number of aliphatic hydroxyl groups is 1. The first-order valence-corrected chi connectivity index (χ1v) is 10.2. The molecule has 0 amide bonds. The molecule has 2 heterocycles. The van der Waals surface area contributed by atoms with Crippen LogP contribution in [0.15, 0.2) is 36.5 Å². The highest BCUT2D eigenvalue weighted by Gasteiger charge is 2.43. The number of aromatic nitrogens is 4. The molecule has 5 N–H and O–H groups in total. The van der Waals surface area contributed by atoms with Gasteiger partial charge in [-0.3, -0.25) is 4.68 Å². The summed E-state index contributed by atoms with van der Waals surface area (Å²) in [6, 6.07) is 9.97. The number of alkyl halides is 1. The van der Waals surface area contributed by atoms with E-state index in [2.05, 4.69) is 25.7 Å². The Hall–Kier alpha value is -2.42. The second-order valence-electron chi connectivity index (χ2n) is 7.84. The number of nitrogens with one attached hydrogen (secondary N) is 2. The highest BCUT2D eigenvalue weighted by molar-refractivity contribution is 6.18. The normalized spacial score (nSPS) is 22.3. The van der Waals surface area contributed by atoms with E-state index in [-0.39, 0.29) is 24.1 Å². The van der Waals surface area contributed by atoms with Crippen molar-refractivity contribution in [3.8, 4) is 0 Å². The van der Waals surface area contributed by atoms with Crippen molar-refractivity contribution in [2.75, 3.05) is 29.7 Å². The van der Waals surface area contributed by atoms with Crippen molar-refractivity contribution >= 4 is 34.4 Å². The molecule has 1 aliphatic rings. The third kappa shape index (κ3) is 4.01. The minimum absolute atomic E-state index is 0.102. The van der Waals surface area contributed by atoms with E-state index in [1.807, 2.05) is 37.4 Å². The summed E-state index contributed by atoms with van der Waals surface area (Å²) in [6.07, 6.45) is 3.37. The Morgan fingerprint density at radius 1 is 1.31 bits per heavy atom. The van der Waals surface area contributed by atoms with E-state index in [4.69, 9.17) is 17.3 Å². The standard InChI is InChI=1S/C20H26ClN7O/c1-28-18-15(9-24-28)17(25-14-7-20(8-14,11-21)12-29)26-19(27-18)23-10-16(22)13-5-3-2-4-6-13/h2-6,9,14,16,29H,7-8,10-12,22H2,1H3,(H2,23,25,26,27). The lowest BCUT2D eigenvalue weighted by molar-refractivity contribution is 0.0559. The molecule has 0 saturated heterocycles. The fourth-order valence-corrected chi connectivity index (χ4v) is 4.09. The number of anilines is 2. The van der Waals surface area contributed by atoms with E-state index in [0.29, 0.717) is 18.4 Å². The van der Waals surface area contributed by atoms with E-state index >= 15 is 0 Å². The maximum atomic E-state index is 9.58. The number of nitrogens with zero attached hydrogens (tertiary/aromatic N) is 4. The number of aliphatic hydroxyl groups excluding tert-OH is 1. The van der Waals surface area contributed by atoms with Crippen LogP contribution in [-0.4, -0.2) is 49.9 Å². The van der Waals surface area contributed by atoms with Crippen molar-refractivity contribution in [1.29, 1.82) is 0 Å². The van der Waals surface area contributed by atoms with Crippen LogP contribution in [0.4, 0.5) is 11.8 Å². The van der Waals surface area contributed by atoms with Crippen molar-refractivity contribution in [3.05, 3.63) is 42.1 Å². The van der Waals surface area contributed by atoms with Crippen LogP contribution in [0.3, 0.4) is 0 Å². The molecular weight excluding hydrogens is 390 g/mol. The van der Waals surface area contributed by atoms with Crippen molar-refractivity contribution in [2.45, 2.75) is 24.9 Å². The molecule has 1 aliphatic carbocycles. The van der Waals surface area contributed by atoms with Crippen LogP contribution in [0.5, 0.6) is 0 Å². The average molecular weight is 416 g/mol. The third-order valence-corrected chi connectivity index (χ3v) is 6.19. The van der Waals surface area contributed by atoms with Gasteiger partial charge < -0.3 is 21.5 Å². The SMILES string of the molecule is Cn1ncc2c(NC3CC(CO)(CCl)C3)nc(NCC(N)c3ccccc3)nc21. The minimum Gasteiger partial charge on any atom is -0.396 e. The summed E-state index contributed by atoms with van der Waals surface area (Å²) in [4.78, 5) is 9.26. The Morgan fingerprint density at radius 3 is 2.76 bits per heavy atom. The minimum atomic E-state index is -0.191. The summed E-state index contributed by atoms with van der Waals surface area (Å²) < 4.78 is 1.72. The van der Waals surface area contributed by atoms with Gasteiger partial charge in [-0.05, 0) is 18.4 Å². The molecule has 29 heavy (non-hydrogen) atoms. The summed E-state index contributed by atoms with van der Waals surface area (Å²) >= 11 is 6.02. The van der Waals surface area contributed by atoms with Crippen molar-refractivity contribution < 1.29 is 5.11 Å². The van der Waals surface area contributed by atoms with Crippen LogP contribution in [0.25, 0.3) is 11.0 Å². The summed E-state index contributed by atoms with van der Waals surface area (Å²) in [6.45, 7) is 0.612. The number of nitrogens with two attached hydrogens (primary N) is 1. The summed E-state index contributed by atoms with van der Waals surface area (Å²) in [5, 5.41) is 21.5. The molecule has 154 valence electrons. The van der Waals surface area contributed by atoms with Gasteiger partial charge in [0.2, 0.25) is 5.95 Å². The van der Waals surface area contributed by atoms with Gasteiger partial charge in [-0.1, -0.05) is 30.3 Å². The zero-order valence-corrected chi connectivity index (χ0v) is 17.1. The van der Waals surface area contributed by atoms with E-state index in [9.17, 15) is 5.11 Å². The number of rotatable bonds is 8. The summed E-state index contributed by atoms with van der Waals surface area (Å²) in [7, 11) is 1.85. The van der Waals surface area contributed by atoms with Crippen LogP contribution >= 0.6 is 11.6 Å². The monoisotopic (exact) mass is 415 g/mol. The lowest BCUT2D eigenvalue weighted by atomic mass is 9.67. The topological polar surface area (TPSA) is 114 Å². The lowest BCUT2D eigenvalue weighted by Gasteiger charge is -2.45. The molecule has 1 fully saturated rings. The lowest BCUT2D eigenvalue weighted by Crippen LogP contribution is -2.48. The van der Waals surface area contributed by atoms with Gasteiger partial charge in [0.1, 0.15) is 5.82 Å². The fraction of sp³-hybridized carbons (Fsp3) is 0.450. The second kappa shape index (κ2) is 8.14. The molecule has 3 aromatic rings. The maximum Gasteiger partial charge on any atom is 0.226 e. The average Bonchev–Trinajstić information content (AvgIpc) is 3.10. The van der Waals surface area contributed by atoms with Crippen LogP contribution in [-0.2, 0) is 7.05 Å². The number of fused-ring (bicyclic) bond motifs is 1. The Morgan fingerprint density at radius 2 is 2.07 bits per heavy atom. The molecule has 1 saturated carbocycles. The zero-order chi connectivity index (χ0) is 20.4. The third-order valence-electron chi connectivity index (χ3n) is 5.62. The number of aryl methyl sites for hydroxylation is 1. The zero-order valence-electron chi connectivity index (χ0n) is 16.3. The first-order chi connectivity index (χ1) is 14.0. The smallest absolute Gasteiger partial charge is 0.226 e. The molecular formula is C20H26ClN7O.